The first-order valence-electron chi connectivity index (χ1n) is 44.5. The van der Waals surface area contributed by atoms with E-state index in [1.54, 1.807) is 0 Å². The Bertz CT molecular complexity index is 7050. The number of hydrogen-bond acceptors (Lipinski definition) is 16. The van der Waals surface area contributed by atoms with Crippen molar-refractivity contribution in [3.63, 3.8) is 0 Å². The van der Waals surface area contributed by atoms with E-state index in [0.29, 0.717) is 52.7 Å². The van der Waals surface area contributed by atoms with Crippen LogP contribution >= 0.6 is 0 Å². The van der Waals surface area contributed by atoms with Crippen LogP contribution in [-0.2, 0) is 14.1 Å². The Balaban J connectivity index is 0.000000117. The Morgan fingerprint density at radius 3 is 1.00 bits per heavy atom. The van der Waals surface area contributed by atoms with E-state index < -0.39 is 0 Å². The molecule has 15 aromatic rings. The number of aromatic nitrogens is 8. The largest absolute Gasteiger partial charge is 0.439 e. The number of aryl methyl sites for hydroxylation is 6. The summed E-state index contributed by atoms with van der Waals surface area (Å²) in [6.45, 7) is 30.9. The van der Waals surface area contributed by atoms with Crippen LogP contribution in [0.3, 0.4) is 0 Å². The molecule has 16 heterocycles. The van der Waals surface area contributed by atoms with E-state index in [0.717, 1.165) is 86.9 Å². The predicted molar refractivity (Wildman–Crippen MR) is 520 cm³/mol. The maximum atomic E-state index is 6.28. The molecular weight excluding hydrogens is 1570 g/mol. The molecule has 0 aliphatic carbocycles. The minimum absolute atomic E-state index is 0.00650. The third kappa shape index (κ3) is 15.8. The molecule has 10 aromatic heterocycles. The average molecular weight is 1680 g/mol. The quantitative estimate of drug-likeness (QED) is 0.0795. The summed E-state index contributed by atoms with van der Waals surface area (Å²) in [6, 6.07) is 58.0. The SMILES string of the molecule is Cc1ccc2c3c(oc2n1)=CB(N1C=CN(C)[C@@H]1C)N(C)C=3.Cc1ccc2c3c(oc2n1)=CB(N1C=CN(c2ccccc2)[C@@H]1C)N(C)C=3.Cc1ccc2c3c(oc2n1)=CB(c1n(-c2c(C(C)C)cc(-c4ccccc4)cc2C(C)C)cc[n+]1C)N(C)C=3.Cc1ccc2c3c(oc2n1)=CB(c1n(-c2c(C(C)C)cc(-c4ccccc4)cc2C(C)C)cc[n+]1C)N(C)C=3. The first kappa shape index (κ1) is 84.2. The first-order chi connectivity index (χ1) is 61.1. The van der Waals surface area contributed by atoms with E-state index in [1.807, 2.05) is 58.0 Å². The van der Waals surface area contributed by atoms with Gasteiger partial charge in [0.25, 0.3) is 0 Å². The number of furan rings is 4. The number of hydrogen-bond donors (Lipinski definition) is 0. The second kappa shape index (κ2) is 34.0. The zero-order valence-electron chi connectivity index (χ0n) is 76.9. The van der Waals surface area contributed by atoms with E-state index >= 15 is 0 Å². The van der Waals surface area contributed by atoms with Crippen LogP contribution in [0.2, 0.25) is 0 Å². The molecule has 0 saturated heterocycles. The van der Waals surface area contributed by atoms with Gasteiger partial charge in [-0.3, -0.25) is 0 Å². The molecule has 2 atom stereocenters. The van der Waals surface area contributed by atoms with Crippen LogP contribution in [0.15, 0.2) is 231 Å². The van der Waals surface area contributed by atoms with E-state index in [2.05, 4.69) is 427 Å². The summed E-state index contributed by atoms with van der Waals surface area (Å²) in [5.41, 5.74) is 26.8. The van der Waals surface area contributed by atoms with Gasteiger partial charge in [-0.05, 0) is 237 Å². The lowest BCUT2D eigenvalue weighted by Crippen LogP contribution is -2.62. The summed E-state index contributed by atoms with van der Waals surface area (Å²) in [5, 5.41) is 8.65. The van der Waals surface area contributed by atoms with Crippen LogP contribution in [0.25, 0.3) is 127 Å². The molecule has 21 rings (SSSR count). The van der Waals surface area contributed by atoms with Crippen molar-refractivity contribution >= 4 is 138 Å². The minimum atomic E-state index is -0.00650. The van der Waals surface area contributed by atoms with Crippen LogP contribution in [0, 0.1) is 27.7 Å². The molecule has 127 heavy (non-hydrogen) atoms. The normalized spacial score (nSPS) is 15.7. The molecule has 0 fully saturated rings. The first-order valence-corrected chi connectivity index (χ1v) is 44.5. The molecule has 0 bridgehead atoms. The Morgan fingerprint density at radius 1 is 0.354 bits per heavy atom. The van der Waals surface area contributed by atoms with Crippen LogP contribution in [0.1, 0.15) is 138 Å². The van der Waals surface area contributed by atoms with Gasteiger partial charge in [0.05, 0.1) is 26.4 Å². The number of nitrogens with zero attached hydrogens (tertiary/aromatic N) is 16. The van der Waals surface area contributed by atoms with Crippen molar-refractivity contribution in [2.75, 3.05) is 40.1 Å². The Labute approximate surface area is 744 Å². The van der Waals surface area contributed by atoms with Crippen molar-refractivity contribution in [1.82, 2.24) is 62.8 Å². The number of imidazole rings is 2. The van der Waals surface area contributed by atoms with Gasteiger partial charge < -0.3 is 56.3 Å². The van der Waals surface area contributed by atoms with Crippen molar-refractivity contribution in [1.29, 1.82) is 0 Å². The highest BCUT2D eigenvalue weighted by molar-refractivity contribution is 6.82. The third-order valence-corrected chi connectivity index (χ3v) is 25.8. The third-order valence-electron chi connectivity index (χ3n) is 25.8. The fourth-order valence-corrected chi connectivity index (χ4v) is 18.8. The minimum Gasteiger partial charge on any atom is -0.439 e. The van der Waals surface area contributed by atoms with Gasteiger partial charge >= 0.3 is 27.7 Å². The topological polar surface area (TPSA) is 148 Å². The highest BCUT2D eigenvalue weighted by Crippen LogP contribution is 2.39. The molecule has 0 N–H and O–H groups in total. The van der Waals surface area contributed by atoms with Crippen molar-refractivity contribution in [2.24, 2.45) is 14.1 Å². The lowest BCUT2D eigenvalue weighted by molar-refractivity contribution is -0.653. The predicted octanol–water partition coefficient (Wildman–Crippen LogP) is 12.1. The molecule has 6 aliphatic heterocycles. The van der Waals surface area contributed by atoms with Crippen molar-refractivity contribution < 1.29 is 26.8 Å². The highest BCUT2D eigenvalue weighted by Gasteiger charge is 2.41. The van der Waals surface area contributed by atoms with E-state index in [4.69, 9.17) is 17.7 Å². The molecule has 5 aromatic carbocycles. The number of benzene rings is 5. The van der Waals surface area contributed by atoms with E-state index in [9.17, 15) is 0 Å². The van der Waals surface area contributed by atoms with Crippen molar-refractivity contribution in [2.45, 2.75) is 133 Å². The summed E-state index contributed by atoms with van der Waals surface area (Å²) < 4.78 is 33.9. The second-order valence-electron chi connectivity index (χ2n) is 36.1. The lowest BCUT2D eigenvalue weighted by Gasteiger charge is -2.36. The molecular formula is C103H112B4N16O4+2. The van der Waals surface area contributed by atoms with Gasteiger partial charge in [0.15, 0.2) is 0 Å². The average Bonchev–Trinajstić information content (AvgIpc) is 1.67. The summed E-state index contributed by atoms with van der Waals surface area (Å²) in [7, 11) is 14.9. The monoisotopic (exact) mass is 1680 g/mol. The van der Waals surface area contributed by atoms with Crippen molar-refractivity contribution in [3.05, 3.63) is 301 Å². The zero-order chi connectivity index (χ0) is 88.8. The van der Waals surface area contributed by atoms with Gasteiger partial charge in [0, 0.05) is 137 Å². The zero-order valence-corrected chi connectivity index (χ0v) is 76.9. The summed E-state index contributed by atoms with van der Waals surface area (Å²) in [6.07, 6.45) is 26.5. The van der Waals surface area contributed by atoms with E-state index in [1.165, 1.54) is 73.0 Å². The highest BCUT2D eigenvalue weighted by atomic mass is 16.3. The van der Waals surface area contributed by atoms with Gasteiger partial charge in [-0.2, -0.15) is 0 Å². The maximum Gasteiger partial charge on any atom is 0.424 e. The standard InChI is InChI=1S/2C33H36BN4O.C21H21BN4O.C16H19BN4O/c2*1-21(2)27-17-25(24-11-9-8-10-12-24)18-28(22(3)4)31(27)38-16-15-36(6)33(38)34-19-30-29(20-37(34)7)26-14-13-23(5)35-32(26)39-30;1-15-9-10-18-19-14-24(3)22(13-20(19)27-21(18)23-15)26-12-11-25(16(26)2)17-7-5-4-6-8-17;1-11-5-6-13-14-10-20(4)17(9-15(14)22-16(13)18-11)21-8-7-19(3)12(21)2/h2*8-22H,1-7H3;4-14,16H,1-3H3;5-10,12H,1-4H3/q2*+1;;/t;;16-;12-/m..00/s1. The number of pyridine rings is 4. The van der Waals surface area contributed by atoms with Gasteiger partial charge in [0.2, 0.25) is 34.3 Å². The summed E-state index contributed by atoms with van der Waals surface area (Å²) in [5.74, 6) is 10.3. The maximum absolute atomic E-state index is 6.28. The van der Waals surface area contributed by atoms with Gasteiger partial charge in [0.1, 0.15) is 57.8 Å². The van der Waals surface area contributed by atoms with Crippen LogP contribution in [0.5, 0.6) is 0 Å². The summed E-state index contributed by atoms with van der Waals surface area (Å²) in [4.78, 5) is 36.4. The van der Waals surface area contributed by atoms with Crippen LogP contribution in [0.4, 0.5) is 5.69 Å². The Hall–Kier alpha value is -13.6. The van der Waals surface area contributed by atoms with E-state index in [-0.39, 0.29) is 33.8 Å². The molecule has 20 nitrogen and oxygen atoms in total. The Morgan fingerprint density at radius 2 is 0.669 bits per heavy atom. The number of rotatable bonds is 13. The molecule has 638 valence electrons. The second-order valence-corrected chi connectivity index (χ2v) is 36.1. The Kier molecular flexibility index (Phi) is 22.6. The molecule has 0 radical (unpaired) electrons. The number of fused-ring (bicyclic) bond motifs is 12. The van der Waals surface area contributed by atoms with Crippen LogP contribution in [-0.4, -0.2) is 138 Å². The lowest BCUT2D eigenvalue weighted by atomic mass is 9.58. The molecule has 6 aliphatic rings. The fourth-order valence-electron chi connectivity index (χ4n) is 18.8. The fraction of sp³-hybridized carbons (Fsp3) is 0.262. The number of para-hydroxylation sites is 1. The molecule has 0 spiro atoms. The van der Waals surface area contributed by atoms with Gasteiger partial charge in [-0.1, -0.05) is 134 Å². The van der Waals surface area contributed by atoms with Gasteiger partial charge in [-0.25, -0.2) is 38.2 Å². The molecule has 24 heteroatoms. The molecule has 0 unspecified atom stereocenters. The number of anilines is 1. The van der Waals surface area contributed by atoms with Gasteiger partial charge in [-0.15, -0.1) is 0 Å². The molecule has 0 saturated carbocycles. The summed E-state index contributed by atoms with van der Waals surface area (Å²) >= 11 is 0. The van der Waals surface area contributed by atoms with Crippen molar-refractivity contribution in [3.8, 4) is 33.6 Å². The van der Waals surface area contributed by atoms with Crippen LogP contribution < -0.4 is 68.0 Å². The smallest absolute Gasteiger partial charge is 0.424 e. The molecule has 0 amide bonds.